The van der Waals surface area contributed by atoms with E-state index in [2.05, 4.69) is 16.0 Å². The molecule has 2 aromatic carbocycles. The molecule has 3 N–H and O–H groups in total. The van der Waals surface area contributed by atoms with Crippen molar-refractivity contribution in [1.29, 1.82) is 0 Å². The van der Waals surface area contributed by atoms with Gasteiger partial charge < -0.3 is 30.2 Å². The second-order valence-corrected chi connectivity index (χ2v) is 7.83. The van der Waals surface area contributed by atoms with Crippen LogP contribution >= 0.6 is 0 Å². The molecule has 0 aliphatic rings. The molecule has 9 nitrogen and oxygen atoms in total. The molecule has 0 unspecified atom stereocenters. The molecule has 0 spiro atoms. The van der Waals surface area contributed by atoms with Crippen LogP contribution in [0.5, 0.6) is 11.5 Å². The van der Waals surface area contributed by atoms with Crippen molar-refractivity contribution < 1.29 is 28.6 Å². The van der Waals surface area contributed by atoms with Gasteiger partial charge in [0.05, 0.1) is 25.6 Å². The first-order valence-corrected chi connectivity index (χ1v) is 10.0. The van der Waals surface area contributed by atoms with Crippen LogP contribution in [0.4, 0.5) is 16.2 Å². The summed E-state index contributed by atoms with van der Waals surface area (Å²) in [6, 6.07) is 11.6. The molecule has 2 rings (SSSR count). The van der Waals surface area contributed by atoms with Gasteiger partial charge in [-0.2, -0.15) is 0 Å². The Kier molecular flexibility index (Phi) is 8.46. The van der Waals surface area contributed by atoms with E-state index in [-0.39, 0.29) is 18.9 Å². The number of methoxy groups -OCH3 is 2. The zero-order valence-electron chi connectivity index (χ0n) is 18.9. The summed E-state index contributed by atoms with van der Waals surface area (Å²) >= 11 is 0. The van der Waals surface area contributed by atoms with E-state index in [0.717, 1.165) is 0 Å². The standard InChI is InChI=1S/C23H29N3O6/c1-23(2,3)32-22(29)24-11-10-20(27)25-18-8-6-7-9-19(18)26-21(28)15-12-16(30-4)14-17(13-15)31-5/h6-9,12-14H,10-11H2,1-5H3,(H,24,29)(H,25,27)(H,26,28). The van der Waals surface area contributed by atoms with Gasteiger partial charge in [0, 0.05) is 24.6 Å². The monoisotopic (exact) mass is 443 g/mol. The van der Waals surface area contributed by atoms with Gasteiger partial charge in [-0.05, 0) is 45.0 Å². The van der Waals surface area contributed by atoms with Gasteiger partial charge in [0.1, 0.15) is 17.1 Å². The van der Waals surface area contributed by atoms with Gasteiger partial charge in [-0.3, -0.25) is 9.59 Å². The van der Waals surface area contributed by atoms with Crippen LogP contribution in [-0.4, -0.2) is 44.3 Å². The normalized spacial score (nSPS) is 10.7. The van der Waals surface area contributed by atoms with Crippen molar-refractivity contribution in [3.8, 4) is 11.5 Å². The number of anilines is 2. The third kappa shape index (κ3) is 7.82. The number of alkyl carbamates (subject to hydrolysis) is 1. The van der Waals surface area contributed by atoms with Crippen LogP contribution in [-0.2, 0) is 9.53 Å². The molecule has 0 fully saturated rings. The van der Waals surface area contributed by atoms with Gasteiger partial charge in [0.15, 0.2) is 0 Å². The molecule has 0 saturated carbocycles. The minimum absolute atomic E-state index is 0.0363. The maximum absolute atomic E-state index is 12.8. The molecule has 2 aromatic rings. The number of carbonyl (C=O) groups is 3. The number of amides is 3. The topological polar surface area (TPSA) is 115 Å². The van der Waals surface area contributed by atoms with Crippen molar-refractivity contribution >= 4 is 29.3 Å². The number of carbonyl (C=O) groups excluding carboxylic acids is 3. The summed E-state index contributed by atoms with van der Waals surface area (Å²) in [6.07, 6.45) is -0.555. The first-order chi connectivity index (χ1) is 15.1. The summed E-state index contributed by atoms with van der Waals surface area (Å²) in [6.45, 7) is 5.38. The summed E-state index contributed by atoms with van der Waals surface area (Å²) in [5.74, 6) is 0.239. The predicted molar refractivity (Wildman–Crippen MR) is 121 cm³/mol. The van der Waals surface area contributed by atoms with Crippen LogP contribution < -0.4 is 25.4 Å². The van der Waals surface area contributed by atoms with E-state index in [1.54, 1.807) is 63.2 Å². The fourth-order valence-corrected chi connectivity index (χ4v) is 2.64. The maximum atomic E-state index is 12.8. The molecule has 3 amide bonds. The quantitative estimate of drug-likeness (QED) is 0.572. The van der Waals surface area contributed by atoms with Gasteiger partial charge >= 0.3 is 6.09 Å². The molecule has 0 aliphatic carbocycles. The lowest BCUT2D eigenvalue weighted by Gasteiger charge is -2.19. The molecular formula is C23H29N3O6. The third-order valence-electron chi connectivity index (χ3n) is 4.08. The van der Waals surface area contributed by atoms with Gasteiger partial charge in [-0.15, -0.1) is 0 Å². The summed E-state index contributed by atoms with van der Waals surface area (Å²) in [7, 11) is 3.00. The second kappa shape index (κ2) is 11.0. The summed E-state index contributed by atoms with van der Waals surface area (Å²) < 4.78 is 15.5. The molecule has 0 saturated heterocycles. The molecule has 32 heavy (non-hydrogen) atoms. The Labute approximate surface area is 187 Å². The number of hydrogen-bond donors (Lipinski definition) is 3. The molecule has 0 aliphatic heterocycles. The van der Waals surface area contributed by atoms with E-state index in [1.807, 2.05) is 0 Å². The Morgan fingerprint density at radius 3 is 1.97 bits per heavy atom. The highest BCUT2D eigenvalue weighted by atomic mass is 16.6. The Morgan fingerprint density at radius 1 is 0.875 bits per heavy atom. The molecule has 172 valence electrons. The van der Waals surface area contributed by atoms with E-state index in [4.69, 9.17) is 14.2 Å². The summed E-state index contributed by atoms with van der Waals surface area (Å²) in [4.78, 5) is 36.7. The first kappa shape index (κ1) is 24.5. The van der Waals surface area contributed by atoms with E-state index in [9.17, 15) is 14.4 Å². The lowest BCUT2D eigenvalue weighted by Crippen LogP contribution is -2.34. The highest BCUT2D eigenvalue weighted by Gasteiger charge is 2.16. The van der Waals surface area contributed by atoms with Crippen molar-refractivity contribution in [2.75, 3.05) is 31.4 Å². The SMILES string of the molecule is COc1cc(OC)cc(C(=O)Nc2ccccc2NC(=O)CCNC(=O)OC(C)(C)C)c1. The molecule has 0 radical (unpaired) electrons. The average molecular weight is 444 g/mol. The molecule has 0 bridgehead atoms. The Morgan fingerprint density at radius 2 is 1.44 bits per heavy atom. The number of nitrogens with one attached hydrogen (secondary N) is 3. The van der Waals surface area contributed by atoms with Crippen molar-refractivity contribution in [1.82, 2.24) is 5.32 Å². The fourth-order valence-electron chi connectivity index (χ4n) is 2.64. The Balaban J connectivity index is 2.00. The van der Waals surface area contributed by atoms with E-state index in [0.29, 0.717) is 28.4 Å². The van der Waals surface area contributed by atoms with Gasteiger partial charge in [-0.25, -0.2) is 4.79 Å². The maximum Gasteiger partial charge on any atom is 0.407 e. The van der Waals surface area contributed by atoms with Crippen LogP contribution in [0.1, 0.15) is 37.6 Å². The second-order valence-electron chi connectivity index (χ2n) is 7.83. The molecule has 0 atom stereocenters. The highest BCUT2D eigenvalue weighted by molar-refractivity contribution is 6.07. The number of hydrogen-bond acceptors (Lipinski definition) is 6. The molecule has 9 heteroatoms. The van der Waals surface area contributed by atoms with Crippen LogP contribution in [0.2, 0.25) is 0 Å². The molecule has 0 heterocycles. The van der Waals surface area contributed by atoms with E-state index in [1.165, 1.54) is 14.2 Å². The Hall–Kier alpha value is -3.75. The number of benzene rings is 2. The van der Waals surface area contributed by atoms with Crippen LogP contribution in [0.15, 0.2) is 42.5 Å². The first-order valence-electron chi connectivity index (χ1n) is 10.0. The zero-order valence-corrected chi connectivity index (χ0v) is 18.9. The number of rotatable bonds is 8. The zero-order chi connectivity index (χ0) is 23.7. The predicted octanol–water partition coefficient (Wildman–Crippen LogP) is 3.81. The average Bonchev–Trinajstić information content (AvgIpc) is 2.73. The minimum Gasteiger partial charge on any atom is -0.497 e. The largest absolute Gasteiger partial charge is 0.497 e. The third-order valence-corrected chi connectivity index (χ3v) is 4.08. The molecule has 0 aromatic heterocycles. The van der Waals surface area contributed by atoms with Crippen LogP contribution in [0.3, 0.4) is 0 Å². The minimum atomic E-state index is -0.615. The Bertz CT molecular complexity index is 946. The van der Waals surface area contributed by atoms with E-state index >= 15 is 0 Å². The van der Waals surface area contributed by atoms with E-state index < -0.39 is 17.6 Å². The lowest BCUT2D eigenvalue weighted by molar-refractivity contribution is -0.116. The smallest absolute Gasteiger partial charge is 0.407 e. The lowest BCUT2D eigenvalue weighted by atomic mass is 10.1. The molecular weight excluding hydrogens is 414 g/mol. The van der Waals surface area contributed by atoms with Gasteiger partial charge in [-0.1, -0.05) is 12.1 Å². The van der Waals surface area contributed by atoms with Gasteiger partial charge in [0.2, 0.25) is 5.91 Å². The summed E-state index contributed by atoms with van der Waals surface area (Å²) in [5, 5.41) is 8.05. The summed E-state index contributed by atoms with van der Waals surface area (Å²) in [5.41, 5.74) is 0.575. The van der Waals surface area contributed by atoms with Crippen LogP contribution in [0, 0.1) is 0 Å². The van der Waals surface area contributed by atoms with Crippen molar-refractivity contribution in [3.63, 3.8) is 0 Å². The van der Waals surface area contributed by atoms with Gasteiger partial charge in [0.25, 0.3) is 5.91 Å². The number of para-hydroxylation sites is 2. The number of ether oxygens (including phenoxy) is 3. The van der Waals surface area contributed by atoms with Crippen molar-refractivity contribution in [3.05, 3.63) is 48.0 Å². The van der Waals surface area contributed by atoms with Crippen molar-refractivity contribution in [2.24, 2.45) is 0 Å². The highest BCUT2D eigenvalue weighted by Crippen LogP contribution is 2.25. The van der Waals surface area contributed by atoms with Crippen molar-refractivity contribution in [2.45, 2.75) is 32.8 Å². The van der Waals surface area contributed by atoms with Crippen LogP contribution in [0.25, 0.3) is 0 Å². The fraction of sp³-hybridized carbons (Fsp3) is 0.348.